The second-order valence-electron chi connectivity index (χ2n) is 4.41. The second kappa shape index (κ2) is 6.99. The van der Waals surface area contributed by atoms with Gasteiger partial charge in [-0.15, -0.1) is 0 Å². The van der Waals surface area contributed by atoms with Crippen LogP contribution in [0.2, 0.25) is 0 Å². The first-order valence-corrected chi connectivity index (χ1v) is 7.03. The lowest BCUT2D eigenvalue weighted by molar-refractivity contribution is -0.136. The van der Waals surface area contributed by atoms with Gasteiger partial charge in [0.15, 0.2) is 0 Å². The molecular formula is C15H13BrN2O3. The molecule has 21 heavy (non-hydrogen) atoms. The van der Waals surface area contributed by atoms with Crippen molar-refractivity contribution in [2.45, 2.75) is 13.0 Å². The van der Waals surface area contributed by atoms with Crippen LogP contribution in [-0.4, -0.2) is 22.0 Å². The number of nitrogens with one attached hydrogen (secondary N) is 1. The predicted molar refractivity (Wildman–Crippen MR) is 80.9 cm³/mol. The van der Waals surface area contributed by atoms with Crippen molar-refractivity contribution in [3.8, 4) is 0 Å². The molecule has 0 atom stereocenters. The Hall–Kier alpha value is -2.21. The second-order valence-corrected chi connectivity index (χ2v) is 5.33. The van der Waals surface area contributed by atoms with Gasteiger partial charge in [-0.25, -0.2) is 0 Å². The molecule has 5 nitrogen and oxygen atoms in total. The molecule has 2 rings (SSSR count). The molecule has 6 heteroatoms. The van der Waals surface area contributed by atoms with Crippen LogP contribution in [0.1, 0.15) is 21.5 Å². The maximum atomic E-state index is 12.0. The van der Waals surface area contributed by atoms with Crippen molar-refractivity contribution in [3.63, 3.8) is 0 Å². The first-order chi connectivity index (χ1) is 10.1. The topological polar surface area (TPSA) is 79.3 Å². The van der Waals surface area contributed by atoms with Crippen molar-refractivity contribution in [2.75, 3.05) is 0 Å². The average molecular weight is 349 g/mol. The van der Waals surface area contributed by atoms with Gasteiger partial charge in [0.25, 0.3) is 5.91 Å². The van der Waals surface area contributed by atoms with Crippen molar-refractivity contribution >= 4 is 27.8 Å². The third kappa shape index (κ3) is 4.39. The van der Waals surface area contributed by atoms with Crippen molar-refractivity contribution in [1.82, 2.24) is 10.3 Å². The fourth-order valence-electron chi connectivity index (χ4n) is 1.88. The summed E-state index contributed by atoms with van der Waals surface area (Å²) in [4.78, 5) is 26.8. The van der Waals surface area contributed by atoms with Gasteiger partial charge >= 0.3 is 5.97 Å². The van der Waals surface area contributed by atoms with Gasteiger partial charge in [-0.2, -0.15) is 0 Å². The molecule has 1 aromatic heterocycles. The lowest BCUT2D eigenvalue weighted by atomic mass is 10.0. The smallest absolute Gasteiger partial charge is 0.307 e. The van der Waals surface area contributed by atoms with Crippen LogP contribution in [0.25, 0.3) is 0 Å². The number of carboxylic acid groups (broad SMARTS) is 1. The molecule has 0 aliphatic rings. The molecule has 0 spiro atoms. The van der Waals surface area contributed by atoms with E-state index < -0.39 is 5.97 Å². The minimum Gasteiger partial charge on any atom is -0.481 e. The van der Waals surface area contributed by atoms with E-state index in [0.717, 1.165) is 10.0 Å². The number of aromatic nitrogens is 1. The third-order valence-corrected chi connectivity index (χ3v) is 3.30. The van der Waals surface area contributed by atoms with Crippen molar-refractivity contribution in [3.05, 3.63) is 63.9 Å². The maximum absolute atomic E-state index is 12.0. The molecule has 2 N–H and O–H groups in total. The summed E-state index contributed by atoms with van der Waals surface area (Å²) in [6, 6.07) is 8.81. The number of carboxylic acids is 1. The average Bonchev–Trinajstić information content (AvgIpc) is 2.45. The predicted octanol–water partition coefficient (Wildman–Crippen LogP) is 2.40. The zero-order valence-corrected chi connectivity index (χ0v) is 12.6. The van der Waals surface area contributed by atoms with Crippen molar-refractivity contribution < 1.29 is 14.7 Å². The molecule has 0 saturated carbocycles. The van der Waals surface area contributed by atoms with Gasteiger partial charge in [0.2, 0.25) is 0 Å². The number of amides is 1. The van der Waals surface area contributed by atoms with Crippen LogP contribution in [0.15, 0.2) is 47.2 Å². The van der Waals surface area contributed by atoms with Gasteiger partial charge < -0.3 is 10.4 Å². The number of carbonyl (C=O) groups is 2. The van der Waals surface area contributed by atoms with Crippen molar-refractivity contribution in [2.24, 2.45) is 0 Å². The van der Waals surface area contributed by atoms with Crippen LogP contribution >= 0.6 is 15.9 Å². The summed E-state index contributed by atoms with van der Waals surface area (Å²) in [5.74, 6) is -1.15. The number of halogens is 1. The number of rotatable bonds is 5. The molecule has 1 heterocycles. The molecular weight excluding hydrogens is 336 g/mol. The summed E-state index contributed by atoms with van der Waals surface area (Å²) in [6.45, 7) is 0.273. The maximum Gasteiger partial charge on any atom is 0.307 e. The monoisotopic (exact) mass is 348 g/mol. The highest BCUT2D eigenvalue weighted by Gasteiger charge is 2.09. The van der Waals surface area contributed by atoms with E-state index in [-0.39, 0.29) is 18.9 Å². The Morgan fingerprint density at radius 3 is 2.57 bits per heavy atom. The quantitative estimate of drug-likeness (QED) is 0.869. The van der Waals surface area contributed by atoms with Crippen LogP contribution in [-0.2, 0) is 17.8 Å². The summed E-state index contributed by atoms with van der Waals surface area (Å²) in [5, 5.41) is 11.6. The summed E-state index contributed by atoms with van der Waals surface area (Å²) in [5.41, 5.74) is 1.92. The van der Waals surface area contributed by atoms with Gasteiger partial charge in [0, 0.05) is 23.4 Å². The highest BCUT2D eigenvalue weighted by atomic mass is 79.9. The van der Waals surface area contributed by atoms with E-state index in [2.05, 4.69) is 26.2 Å². The molecule has 0 bridgehead atoms. The minimum atomic E-state index is -0.898. The van der Waals surface area contributed by atoms with E-state index in [1.54, 1.807) is 30.5 Å². The number of aliphatic carboxylic acids is 1. The molecule has 2 aromatic rings. The number of pyridine rings is 1. The third-order valence-electron chi connectivity index (χ3n) is 2.87. The molecule has 0 saturated heterocycles. The van der Waals surface area contributed by atoms with E-state index in [1.165, 1.54) is 6.20 Å². The van der Waals surface area contributed by atoms with Crippen LogP contribution < -0.4 is 5.32 Å². The molecule has 108 valence electrons. The van der Waals surface area contributed by atoms with E-state index in [9.17, 15) is 9.59 Å². The number of hydrogen-bond acceptors (Lipinski definition) is 3. The number of benzene rings is 1. The molecule has 0 radical (unpaired) electrons. The Morgan fingerprint density at radius 2 is 1.90 bits per heavy atom. The molecule has 0 aliphatic heterocycles. The van der Waals surface area contributed by atoms with Gasteiger partial charge in [0.05, 0.1) is 12.0 Å². The highest BCUT2D eigenvalue weighted by Crippen LogP contribution is 2.12. The molecule has 1 amide bonds. The van der Waals surface area contributed by atoms with Crippen LogP contribution in [0.5, 0.6) is 0 Å². The van der Waals surface area contributed by atoms with Gasteiger partial charge in [-0.05, 0) is 33.1 Å². The number of carbonyl (C=O) groups excluding carboxylic acids is 1. The molecule has 0 aliphatic carbocycles. The number of nitrogens with zero attached hydrogens (tertiary/aromatic N) is 1. The molecule has 1 aromatic carbocycles. The van der Waals surface area contributed by atoms with Crippen LogP contribution in [0, 0.1) is 0 Å². The fourth-order valence-corrected chi connectivity index (χ4v) is 2.24. The van der Waals surface area contributed by atoms with Gasteiger partial charge in [0.1, 0.15) is 0 Å². The summed E-state index contributed by atoms with van der Waals surface area (Å²) < 4.78 is 0.724. The first kappa shape index (κ1) is 15.2. The Kier molecular flexibility index (Phi) is 5.05. The largest absolute Gasteiger partial charge is 0.481 e. The Balaban J connectivity index is 2.06. The highest BCUT2D eigenvalue weighted by molar-refractivity contribution is 9.10. The van der Waals surface area contributed by atoms with E-state index in [1.807, 2.05) is 6.07 Å². The summed E-state index contributed by atoms with van der Waals surface area (Å²) in [7, 11) is 0. The van der Waals surface area contributed by atoms with Gasteiger partial charge in [-0.1, -0.05) is 24.3 Å². The lowest BCUT2D eigenvalue weighted by Gasteiger charge is -2.09. The zero-order chi connectivity index (χ0) is 15.2. The standard InChI is InChI=1S/C15H13BrN2O3/c16-13-5-12(7-17-9-13)15(21)18-8-11-4-2-1-3-10(11)6-14(19)20/h1-5,7,9H,6,8H2,(H,18,21)(H,19,20). The normalized spacial score (nSPS) is 10.1. The summed E-state index contributed by atoms with van der Waals surface area (Å²) in [6.07, 6.45) is 3.01. The van der Waals surface area contributed by atoms with Gasteiger partial charge in [-0.3, -0.25) is 14.6 Å². The Bertz CT molecular complexity index is 673. The molecule has 0 unspecified atom stereocenters. The van der Waals surface area contributed by atoms with Crippen LogP contribution in [0.4, 0.5) is 0 Å². The minimum absolute atomic E-state index is 0.0650. The SMILES string of the molecule is O=C(O)Cc1ccccc1CNC(=O)c1cncc(Br)c1. The number of hydrogen-bond donors (Lipinski definition) is 2. The van der Waals surface area contributed by atoms with E-state index >= 15 is 0 Å². The van der Waals surface area contributed by atoms with Crippen molar-refractivity contribution in [1.29, 1.82) is 0 Å². The van der Waals surface area contributed by atoms with E-state index in [4.69, 9.17) is 5.11 Å². The Morgan fingerprint density at radius 1 is 1.19 bits per heavy atom. The molecule has 0 fully saturated rings. The zero-order valence-electron chi connectivity index (χ0n) is 11.0. The fraction of sp³-hybridized carbons (Fsp3) is 0.133. The summed E-state index contributed by atoms with van der Waals surface area (Å²) >= 11 is 3.26. The Labute approximate surface area is 130 Å². The van der Waals surface area contributed by atoms with Crippen LogP contribution in [0.3, 0.4) is 0 Å². The lowest BCUT2D eigenvalue weighted by Crippen LogP contribution is -2.23. The van der Waals surface area contributed by atoms with E-state index in [0.29, 0.717) is 11.1 Å². The first-order valence-electron chi connectivity index (χ1n) is 6.23.